The maximum Gasteiger partial charge on any atom is 0.250 e. The Bertz CT molecular complexity index is 989. The van der Waals surface area contributed by atoms with Gasteiger partial charge in [0.15, 0.2) is 5.13 Å². The van der Waals surface area contributed by atoms with Crippen LogP contribution in [0.25, 0.3) is 21.3 Å². The third kappa shape index (κ3) is 2.52. The zero-order valence-electron chi connectivity index (χ0n) is 13.1. The normalized spacial score (nSPS) is 11.2. The highest BCUT2D eigenvalue weighted by atomic mass is 32.1. The van der Waals surface area contributed by atoms with Crippen LogP contribution >= 0.6 is 11.3 Å². The Hall–Kier alpha value is -2.80. The summed E-state index contributed by atoms with van der Waals surface area (Å²) in [4.78, 5) is 19.0. The summed E-state index contributed by atoms with van der Waals surface area (Å²) in [5.41, 5.74) is 2.55. The summed E-state index contributed by atoms with van der Waals surface area (Å²) >= 11 is 1.52. The number of aromatic nitrogens is 4. The Labute approximate surface area is 142 Å². The van der Waals surface area contributed by atoms with Gasteiger partial charge in [0.1, 0.15) is 12.1 Å². The van der Waals surface area contributed by atoms with E-state index in [1.54, 1.807) is 9.58 Å². The number of rotatable bonds is 4. The van der Waals surface area contributed by atoms with Crippen LogP contribution in [0.1, 0.15) is 6.92 Å². The molecule has 1 amide bonds. The van der Waals surface area contributed by atoms with E-state index in [1.165, 1.54) is 11.3 Å². The SMILES string of the molecule is CCN(C(=O)Cn1nnc2ccccc21)c1nc2ccccc2s1. The predicted molar refractivity (Wildman–Crippen MR) is 95.2 cm³/mol. The van der Waals surface area contributed by atoms with Crippen LogP contribution in [-0.4, -0.2) is 32.4 Å². The van der Waals surface area contributed by atoms with Crippen molar-refractivity contribution in [3.63, 3.8) is 0 Å². The minimum absolute atomic E-state index is 0.0489. The molecule has 120 valence electrons. The summed E-state index contributed by atoms with van der Waals surface area (Å²) in [5, 5.41) is 8.90. The number of likely N-dealkylation sites (N-methyl/N-ethyl adjacent to an activating group) is 1. The van der Waals surface area contributed by atoms with E-state index in [1.807, 2.05) is 55.5 Å². The van der Waals surface area contributed by atoms with Crippen molar-refractivity contribution in [2.45, 2.75) is 13.5 Å². The molecule has 0 saturated heterocycles. The van der Waals surface area contributed by atoms with E-state index >= 15 is 0 Å². The van der Waals surface area contributed by atoms with Crippen LogP contribution in [-0.2, 0) is 11.3 Å². The molecule has 0 radical (unpaired) electrons. The van der Waals surface area contributed by atoms with Gasteiger partial charge >= 0.3 is 0 Å². The van der Waals surface area contributed by atoms with Crippen LogP contribution in [0.4, 0.5) is 5.13 Å². The number of carbonyl (C=O) groups is 1. The summed E-state index contributed by atoms with van der Waals surface area (Å²) in [5.74, 6) is -0.0489. The number of hydrogen-bond acceptors (Lipinski definition) is 5. The number of anilines is 1. The first-order valence-electron chi connectivity index (χ1n) is 7.70. The van der Waals surface area contributed by atoms with Gasteiger partial charge in [-0.05, 0) is 31.2 Å². The van der Waals surface area contributed by atoms with Crippen molar-refractivity contribution < 1.29 is 4.79 Å². The minimum Gasteiger partial charge on any atom is -0.287 e. The average molecular weight is 337 g/mol. The molecule has 6 nitrogen and oxygen atoms in total. The molecule has 24 heavy (non-hydrogen) atoms. The molecule has 0 unspecified atom stereocenters. The van der Waals surface area contributed by atoms with Gasteiger partial charge in [0.05, 0.1) is 15.7 Å². The fraction of sp³-hybridized carbons (Fsp3) is 0.176. The van der Waals surface area contributed by atoms with Crippen LogP contribution < -0.4 is 4.90 Å². The van der Waals surface area contributed by atoms with Crippen molar-refractivity contribution in [3.8, 4) is 0 Å². The van der Waals surface area contributed by atoms with Gasteiger partial charge in [0.25, 0.3) is 5.91 Å². The zero-order chi connectivity index (χ0) is 16.5. The van der Waals surface area contributed by atoms with E-state index in [0.717, 1.165) is 21.3 Å². The smallest absolute Gasteiger partial charge is 0.250 e. The Balaban J connectivity index is 1.64. The third-order valence-corrected chi connectivity index (χ3v) is 4.90. The van der Waals surface area contributed by atoms with Gasteiger partial charge < -0.3 is 0 Å². The summed E-state index contributed by atoms with van der Waals surface area (Å²) in [6.45, 7) is 2.65. The van der Waals surface area contributed by atoms with E-state index in [9.17, 15) is 4.79 Å². The second-order valence-corrected chi connectivity index (χ2v) is 6.35. The van der Waals surface area contributed by atoms with Crippen molar-refractivity contribution in [2.24, 2.45) is 0 Å². The van der Waals surface area contributed by atoms with E-state index in [2.05, 4.69) is 15.3 Å². The van der Waals surface area contributed by atoms with Crippen molar-refractivity contribution in [2.75, 3.05) is 11.4 Å². The van der Waals surface area contributed by atoms with Crippen LogP contribution in [0.15, 0.2) is 48.5 Å². The van der Waals surface area contributed by atoms with Crippen LogP contribution in [0.3, 0.4) is 0 Å². The van der Waals surface area contributed by atoms with Gasteiger partial charge in [0, 0.05) is 6.54 Å². The van der Waals surface area contributed by atoms with Gasteiger partial charge in [-0.25, -0.2) is 9.67 Å². The van der Waals surface area contributed by atoms with E-state index < -0.39 is 0 Å². The van der Waals surface area contributed by atoms with Crippen molar-refractivity contribution >= 4 is 43.6 Å². The number of thiazole rings is 1. The summed E-state index contributed by atoms with van der Waals surface area (Å²) in [6, 6.07) is 15.5. The van der Waals surface area contributed by atoms with Crippen molar-refractivity contribution in [3.05, 3.63) is 48.5 Å². The number of hydrogen-bond donors (Lipinski definition) is 0. The van der Waals surface area contributed by atoms with E-state index in [0.29, 0.717) is 11.7 Å². The summed E-state index contributed by atoms with van der Waals surface area (Å²) < 4.78 is 2.71. The third-order valence-electron chi connectivity index (χ3n) is 3.84. The lowest BCUT2D eigenvalue weighted by atomic mass is 10.3. The number of amides is 1. The molecule has 0 spiro atoms. The fourth-order valence-electron chi connectivity index (χ4n) is 2.64. The monoisotopic (exact) mass is 337 g/mol. The minimum atomic E-state index is -0.0489. The highest BCUT2D eigenvalue weighted by Crippen LogP contribution is 2.28. The number of benzene rings is 2. The topological polar surface area (TPSA) is 63.9 Å². The van der Waals surface area contributed by atoms with E-state index in [4.69, 9.17) is 0 Å². The highest BCUT2D eigenvalue weighted by molar-refractivity contribution is 7.22. The van der Waals surface area contributed by atoms with Gasteiger partial charge in [-0.2, -0.15) is 0 Å². The summed E-state index contributed by atoms with van der Waals surface area (Å²) in [7, 11) is 0. The number of nitrogens with zero attached hydrogens (tertiary/aromatic N) is 5. The first-order chi connectivity index (χ1) is 11.8. The molecule has 2 aromatic carbocycles. The molecule has 0 bridgehead atoms. The lowest BCUT2D eigenvalue weighted by Crippen LogP contribution is -2.33. The molecule has 0 aliphatic rings. The Morgan fingerprint density at radius 1 is 1.12 bits per heavy atom. The van der Waals surface area contributed by atoms with Gasteiger partial charge in [-0.1, -0.05) is 40.8 Å². The van der Waals surface area contributed by atoms with Crippen LogP contribution in [0.2, 0.25) is 0 Å². The molecular formula is C17H15N5OS. The van der Waals surface area contributed by atoms with Crippen molar-refractivity contribution in [1.82, 2.24) is 20.0 Å². The first-order valence-corrected chi connectivity index (χ1v) is 8.52. The molecule has 2 aromatic heterocycles. The molecular weight excluding hydrogens is 322 g/mol. The zero-order valence-corrected chi connectivity index (χ0v) is 13.9. The van der Waals surface area contributed by atoms with Gasteiger partial charge in [-0.3, -0.25) is 9.69 Å². The van der Waals surface area contributed by atoms with Gasteiger partial charge in [-0.15, -0.1) is 5.10 Å². The lowest BCUT2D eigenvalue weighted by molar-refractivity contribution is -0.119. The number of fused-ring (bicyclic) bond motifs is 2. The Morgan fingerprint density at radius 3 is 2.67 bits per heavy atom. The summed E-state index contributed by atoms with van der Waals surface area (Å²) in [6.07, 6.45) is 0. The lowest BCUT2D eigenvalue weighted by Gasteiger charge is -2.17. The standard InChI is InChI=1S/C17H15N5OS/c1-2-21(17-18-13-8-4-6-10-15(13)24-17)16(23)11-22-14-9-5-3-7-12(14)19-20-22/h3-10H,2,11H2,1H3. The molecule has 0 saturated carbocycles. The maximum absolute atomic E-state index is 12.8. The molecule has 0 fully saturated rings. The molecule has 4 aromatic rings. The fourth-order valence-corrected chi connectivity index (χ4v) is 3.69. The molecule has 2 heterocycles. The molecule has 0 aliphatic carbocycles. The molecule has 4 rings (SSSR count). The highest BCUT2D eigenvalue weighted by Gasteiger charge is 2.19. The Kier molecular flexibility index (Phi) is 3.70. The largest absolute Gasteiger partial charge is 0.287 e. The molecule has 0 N–H and O–H groups in total. The quantitative estimate of drug-likeness (QED) is 0.574. The average Bonchev–Trinajstić information content (AvgIpc) is 3.20. The van der Waals surface area contributed by atoms with Crippen molar-refractivity contribution in [1.29, 1.82) is 0 Å². The second-order valence-electron chi connectivity index (χ2n) is 5.34. The predicted octanol–water partition coefficient (Wildman–Crippen LogP) is 3.09. The molecule has 0 atom stereocenters. The second kappa shape index (κ2) is 6.01. The molecule has 0 aliphatic heterocycles. The van der Waals surface area contributed by atoms with E-state index in [-0.39, 0.29) is 12.5 Å². The van der Waals surface area contributed by atoms with Crippen LogP contribution in [0, 0.1) is 0 Å². The first kappa shape index (κ1) is 14.8. The van der Waals surface area contributed by atoms with Gasteiger partial charge in [0.2, 0.25) is 0 Å². The van der Waals surface area contributed by atoms with Crippen LogP contribution in [0.5, 0.6) is 0 Å². The maximum atomic E-state index is 12.8. The number of para-hydroxylation sites is 2. The number of carbonyl (C=O) groups excluding carboxylic acids is 1. The Morgan fingerprint density at radius 2 is 1.88 bits per heavy atom. The molecule has 7 heteroatoms.